The van der Waals surface area contributed by atoms with Crippen LogP contribution < -0.4 is 0 Å². The molecular formula is C15H22N2O4. The fourth-order valence-corrected chi connectivity index (χ4v) is 3.83. The quantitative estimate of drug-likeness (QED) is 0.703. The van der Waals surface area contributed by atoms with Crippen molar-refractivity contribution in [3.05, 3.63) is 0 Å². The lowest BCUT2D eigenvalue weighted by Crippen LogP contribution is -2.60. The first-order chi connectivity index (χ1) is 10.1. The highest BCUT2D eigenvalue weighted by Gasteiger charge is 2.48. The van der Waals surface area contributed by atoms with Gasteiger partial charge in [0.15, 0.2) is 0 Å². The van der Waals surface area contributed by atoms with E-state index in [0.717, 1.165) is 25.7 Å². The second kappa shape index (κ2) is 5.66. The van der Waals surface area contributed by atoms with Crippen LogP contribution in [0.5, 0.6) is 0 Å². The van der Waals surface area contributed by atoms with Gasteiger partial charge in [0.25, 0.3) is 0 Å². The molecule has 1 saturated carbocycles. The molecule has 3 aliphatic rings. The third-order valence-electron chi connectivity index (χ3n) is 4.80. The van der Waals surface area contributed by atoms with Crippen molar-refractivity contribution in [3.63, 3.8) is 0 Å². The summed E-state index contributed by atoms with van der Waals surface area (Å²) in [6.07, 6.45) is 5.58. The van der Waals surface area contributed by atoms with Crippen molar-refractivity contribution in [2.24, 2.45) is 0 Å². The van der Waals surface area contributed by atoms with Gasteiger partial charge in [-0.05, 0) is 12.8 Å². The van der Waals surface area contributed by atoms with Crippen LogP contribution in [0.2, 0.25) is 0 Å². The molecule has 0 bridgehead atoms. The zero-order chi connectivity index (χ0) is 15.0. The average Bonchev–Trinajstić information content (AvgIpc) is 2.87. The van der Waals surface area contributed by atoms with E-state index in [4.69, 9.17) is 4.74 Å². The zero-order valence-electron chi connectivity index (χ0n) is 12.4. The maximum absolute atomic E-state index is 12.7. The molecule has 0 N–H and O–H groups in total. The monoisotopic (exact) mass is 294 g/mol. The van der Waals surface area contributed by atoms with E-state index in [1.165, 1.54) is 13.3 Å². The van der Waals surface area contributed by atoms with E-state index >= 15 is 0 Å². The Morgan fingerprint density at radius 3 is 2.52 bits per heavy atom. The van der Waals surface area contributed by atoms with Gasteiger partial charge in [0.2, 0.25) is 11.8 Å². The van der Waals surface area contributed by atoms with Gasteiger partial charge in [0.05, 0.1) is 6.54 Å². The topological polar surface area (TPSA) is 66.9 Å². The number of carbonyl (C=O) groups is 3. The molecule has 1 aliphatic carbocycles. The van der Waals surface area contributed by atoms with Crippen molar-refractivity contribution in [2.45, 2.75) is 63.6 Å². The lowest BCUT2D eigenvalue weighted by atomic mass is 9.93. The molecule has 2 aliphatic heterocycles. The number of carbonyl (C=O) groups excluding carboxylic acids is 3. The molecule has 0 aromatic carbocycles. The molecule has 0 aromatic rings. The van der Waals surface area contributed by atoms with E-state index in [2.05, 4.69) is 0 Å². The van der Waals surface area contributed by atoms with E-state index in [-0.39, 0.29) is 36.5 Å². The first-order valence-electron chi connectivity index (χ1n) is 7.83. The summed E-state index contributed by atoms with van der Waals surface area (Å²) in [6.45, 7) is 1.90. The fourth-order valence-electron chi connectivity index (χ4n) is 3.83. The minimum atomic E-state index is -0.433. The predicted octanol–water partition coefficient (Wildman–Crippen LogP) is 0.694. The van der Waals surface area contributed by atoms with Crippen molar-refractivity contribution in [2.75, 3.05) is 13.1 Å². The molecule has 6 nitrogen and oxygen atoms in total. The van der Waals surface area contributed by atoms with Crippen molar-refractivity contribution < 1.29 is 19.1 Å². The maximum atomic E-state index is 12.7. The predicted molar refractivity (Wildman–Crippen MR) is 74.3 cm³/mol. The maximum Gasteiger partial charge on any atom is 0.302 e. The largest absolute Gasteiger partial charge is 0.461 e. The summed E-state index contributed by atoms with van der Waals surface area (Å²) in [5.74, 6) is -0.333. The number of nitrogens with zero attached hydrogens (tertiary/aromatic N) is 2. The first kappa shape index (κ1) is 14.4. The number of ether oxygens (including phenoxy) is 1. The number of hydrogen-bond acceptors (Lipinski definition) is 4. The van der Waals surface area contributed by atoms with Crippen LogP contribution >= 0.6 is 0 Å². The van der Waals surface area contributed by atoms with Crippen LogP contribution in [0.1, 0.15) is 45.4 Å². The van der Waals surface area contributed by atoms with Gasteiger partial charge in [-0.25, -0.2) is 0 Å². The Balaban J connectivity index is 1.71. The third-order valence-corrected chi connectivity index (χ3v) is 4.80. The summed E-state index contributed by atoms with van der Waals surface area (Å²) in [5.41, 5.74) is 0. The molecule has 0 radical (unpaired) electrons. The highest BCUT2D eigenvalue weighted by atomic mass is 16.5. The van der Waals surface area contributed by atoms with Gasteiger partial charge in [-0.3, -0.25) is 14.4 Å². The van der Waals surface area contributed by atoms with Gasteiger partial charge >= 0.3 is 5.97 Å². The highest BCUT2D eigenvalue weighted by Crippen LogP contribution is 2.30. The van der Waals surface area contributed by atoms with Crippen LogP contribution in [-0.4, -0.2) is 58.9 Å². The molecule has 2 atom stereocenters. The van der Waals surface area contributed by atoms with Gasteiger partial charge in [0, 0.05) is 19.4 Å². The summed E-state index contributed by atoms with van der Waals surface area (Å²) in [5, 5.41) is 0. The lowest BCUT2D eigenvalue weighted by molar-refractivity contribution is -0.156. The highest BCUT2D eigenvalue weighted by molar-refractivity contribution is 5.95. The van der Waals surface area contributed by atoms with Crippen LogP contribution in [0.15, 0.2) is 0 Å². The van der Waals surface area contributed by atoms with Crippen LogP contribution in [0.4, 0.5) is 0 Å². The molecule has 2 heterocycles. The molecule has 2 saturated heterocycles. The van der Waals surface area contributed by atoms with Crippen LogP contribution in [0, 0.1) is 0 Å². The lowest BCUT2D eigenvalue weighted by Gasteiger charge is -2.41. The Morgan fingerprint density at radius 1 is 1.14 bits per heavy atom. The number of fused-ring (bicyclic) bond motifs is 1. The Labute approximate surface area is 124 Å². The molecule has 3 fully saturated rings. The summed E-state index contributed by atoms with van der Waals surface area (Å²) in [4.78, 5) is 39.4. The molecule has 0 spiro atoms. The van der Waals surface area contributed by atoms with Crippen molar-refractivity contribution in [1.82, 2.24) is 9.80 Å². The van der Waals surface area contributed by atoms with E-state index in [9.17, 15) is 14.4 Å². The van der Waals surface area contributed by atoms with E-state index < -0.39 is 6.04 Å². The Kier molecular flexibility index (Phi) is 3.87. The number of rotatable bonds is 2. The molecule has 6 heteroatoms. The first-order valence-corrected chi connectivity index (χ1v) is 7.83. The third kappa shape index (κ3) is 2.76. The second-order valence-corrected chi connectivity index (χ2v) is 6.29. The van der Waals surface area contributed by atoms with Crippen LogP contribution in [0.25, 0.3) is 0 Å². The van der Waals surface area contributed by atoms with E-state index in [1.54, 1.807) is 9.80 Å². The van der Waals surface area contributed by atoms with Crippen molar-refractivity contribution in [3.8, 4) is 0 Å². The molecule has 116 valence electrons. The summed E-state index contributed by atoms with van der Waals surface area (Å²) >= 11 is 0. The van der Waals surface area contributed by atoms with E-state index in [0.29, 0.717) is 13.0 Å². The van der Waals surface area contributed by atoms with Gasteiger partial charge in [-0.15, -0.1) is 0 Å². The Morgan fingerprint density at radius 2 is 1.86 bits per heavy atom. The standard InChI is InChI=1S/C15H22N2O4/c1-10(18)21-12-7-13-15(20)16(9-14(19)17(13)8-12)11-5-3-2-4-6-11/h11-13H,2-9H2,1H3. The molecule has 2 amide bonds. The molecular weight excluding hydrogens is 272 g/mol. The molecule has 0 aromatic heterocycles. The van der Waals surface area contributed by atoms with Gasteiger partial charge < -0.3 is 14.5 Å². The number of amides is 2. The smallest absolute Gasteiger partial charge is 0.302 e. The van der Waals surface area contributed by atoms with Crippen LogP contribution in [0.3, 0.4) is 0 Å². The second-order valence-electron chi connectivity index (χ2n) is 6.29. The number of esters is 1. The number of hydrogen-bond donors (Lipinski definition) is 0. The van der Waals surface area contributed by atoms with Gasteiger partial charge in [0.1, 0.15) is 18.7 Å². The van der Waals surface area contributed by atoms with Crippen molar-refractivity contribution in [1.29, 1.82) is 0 Å². The number of piperazine rings is 1. The summed E-state index contributed by atoms with van der Waals surface area (Å²) in [7, 11) is 0. The van der Waals surface area contributed by atoms with E-state index in [1.807, 2.05) is 0 Å². The Bertz CT molecular complexity index is 459. The minimum absolute atomic E-state index is 0.0141. The van der Waals surface area contributed by atoms with Crippen LogP contribution in [-0.2, 0) is 19.1 Å². The average molecular weight is 294 g/mol. The normalized spacial score (nSPS) is 30.5. The summed E-state index contributed by atoms with van der Waals surface area (Å²) < 4.78 is 5.18. The SMILES string of the molecule is CC(=O)OC1CC2C(=O)N(C3CCCCC3)CC(=O)N2C1. The van der Waals surface area contributed by atoms with Gasteiger partial charge in [-0.1, -0.05) is 19.3 Å². The fraction of sp³-hybridized carbons (Fsp3) is 0.800. The molecule has 21 heavy (non-hydrogen) atoms. The Hall–Kier alpha value is -1.59. The molecule has 3 rings (SSSR count). The zero-order valence-corrected chi connectivity index (χ0v) is 12.4. The minimum Gasteiger partial charge on any atom is -0.461 e. The van der Waals surface area contributed by atoms with Gasteiger partial charge in [-0.2, -0.15) is 0 Å². The molecule has 2 unspecified atom stereocenters. The van der Waals surface area contributed by atoms with Crippen molar-refractivity contribution >= 4 is 17.8 Å². The summed E-state index contributed by atoms with van der Waals surface area (Å²) in [6, 6.07) is -0.220.